The van der Waals surface area contributed by atoms with Crippen LogP contribution in [-0.4, -0.2) is 74.4 Å². The van der Waals surface area contributed by atoms with Crippen molar-refractivity contribution in [2.24, 2.45) is 4.99 Å². The van der Waals surface area contributed by atoms with E-state index in [4.69, 9.17) is 13.9 Å². The maximum absolute atomic E-state index is 10.2. The zero-order valence-corrected chi connectivity index (χ0v) is 20.7. The molecule has 172 valence electrons. The molecule has 0 spiro atoms. The molecule has 1 aromatic carbocycles. The predicted molar refractivity (Wildman–Crippen MR) is 131 cm³/mol. The highest BCUT2D eigenvalue weighted by Crippen LogP contribution is 2.25. The molecule has 9 heteroatoms. The number of nitrogens with zero attached hydrogens (tertiary/aromatic N) is 3. The number of aliphatic hydroxyl groups excluding tert-OH is 1. The number of piperazine rings is 1. The summed E-state index contributed by atoms with van der Waals surface area (Å²) in [5, 5.41) is 13.6. The van der Waals surface area contributed by atoms with Crippen molar-refractivity contribution in [1.29, 1.82) is 0 Å². The Morgan fingerprint density at radius 3 is 2.58 bits per heavy atom. The highest BCUT2D eigenvalue weighted by atomic mass is 127. The highest BCUT2D eigenvalue weighted by Gasteiger charge is 2.21. The van der Waals surface area contributed by atoms with E-state index < -0.39 is 6.10 Å². The van der Waals surface area contributed by atoms with Crippen LogP contribution in [0.2, 0.25) is 0 Å². The Morgan fingerprint density at radius 2 is 1.97 bits per heavy atom. The lowest BCUT2D eigenvalue weighted by Crippen LogP contribution is -2.52. The molecule has 1 aliphatic heterocycles. The van der Waals surface area contributed by atoms with E-state index in [1.165, 1.54) is 0 Å². The largest absolute Gasteiger partial charge is 0.497 e. The maximum atomic E-state index is 10.2. The van der Waals surface area contributed by atoms with Crippen molar-refractivity contribution in [3.05, 3.63) is 47.9 Å². The van der Waals surface area contributed by atoms with Crippen LogP contribution in [-0.2, 0) is 6.54 Å². The van der Waals surface area contributed by atoms with Gasteiger partial charge in [0.1, 0.15) is 23.4 Å². The lowest BCUT2D eigenvalue weighted by Gasteiger charge is -2.36. The Kier molecular flexibility index (Phi) is 10.4. The molecule has 2 aromatic rings. The zero-order valence-electron chi connectivity index (χ0n) is 18.4. The van der Waals surface area contributed by atoms with Crippen molar-refractivity contribution in [3.63, 3.8) is 0 Å². The van der Waals surface area contributed by atoms with E-state index in [0.717, 1.165) is 62.3 Å². The second-order valence-corrected chi connectivity index (χ2v) is 7.17. The normalized spacial score (nSPS) is 15.9. The van der Waals surface area contributed by atoms with Crippen molar-refractivity contribution in [3.8, 4) is 11.5 Å². The van der Waals surface area contributed by atoms with Crippen LogP contribution in [0, 0.1) is 0 Å². The number of hydrogen-bond acceptors (Lipinski definition) is 6. The number of aliphatic hydroxyl groups is 1. The molecule has 2 heterocycles. The van der Waals surface area contributed by atoms with Crippen molar-refractivity contribution in [2.45, 2.75) is 19.6 Å². The van der Waals surface area contributed by atoms with E-state index >= 15 is 0 Å². The molecule has 8 nitrogen and oxygen atoms in total. The average Bonchev–Trinajstić information content (AvgIpc) is 3.32. The molecular formula is C22H33IN4O4. The molecule has 2 N–H and O–H groups in total. The fraction of sp³-hybridized carbons (Fsp3) is 0.500. The van der Waals surface area contributed by atoms with E-state index in [1.807, 2.05) is 25.1 Å². The van der Waals surface area contributed by atoms with Gasteiger partial charge in [-0.15, -0.1) is 24.0 Å². The molecule has 31 heavy (non-hydrogen) atoms. The van der Waals surface area contributed by atoms with Gasteiger partial charge < -0.3 is 29.2 Å². The molecule has 0 amide bonds. The average molecular weight is 544 g/mol. The quantitative estimate of drug-likeness (QED) is 0.301. The number of methoxy groups -OCH3 is 2. The first-order chi connectivity index (χ1) is 14.6. The summed E-state index contributed by atoms with van der Waals surface area (Å²) in [6.45, 7) is 7.41. The summed E-state index contributed by atoms with van der Waals surface area (Å²) >= 11 is 0. The van der Waals surface area contributed by atoms with E-state index in [0.29, 0.717) is 5.76 Å². The minimum atomic E-state index is -0.740. The summed E-state index contributed by atoms with van der Waals surface area (Å²) in [5.74, 6) is 3.06. The van der Waals surface area contributed by atoms with Crippen LogP contribution >= 0.6 is 24.0 Å². The molecule has 1 saturated heterocycles. The summed E-state index contributed by atoms with van der Waals surface area (Å²) < 4.78 is 16.1. The minimum absolute atomic E-state index is 0. The molecule has 1 aromatic heterocycles. The molecule has 1 atom stereocenters. The number of rotatable bonds is 8. The number of hydrogen-bond donors (Lipinski definition) is 2. The number of halogens is 1. The molecule has 0 radical (unpaired) electrons. The summed E-state index contributed by atoms with van der Waals surface area (Å²) in [7, 11) is 3.37. The molecule has 0 aliphatic carbocycles. The second kappa shape index (κ2) is 12.8. The SMILES string of the molecule is CCNC(=NCC(O)c1ccco1)N1CCN(Cc2cc(OC)ccc2OC)CC1.I. The van der Waals surface area contributed by atoms with E-state index in [2.05, 4.69) is 20.1 Å². The van der Waals surface area contributed by atoms with Gasteiger partial charge in [0.15, 0.2) is 5.96 Å². The van der Waals surface area contributed by atoms with Crippen LogP contribution in [0.1, 0.15) is 24.4 Å². The third-order valence-corrected chi connectivity index (χ3v) is 5.17. The van der Waals surface area contributed by atoms with Crippen LogP contribution in [0.4, 0.5) is 0 Å². The Hall–Kier alpha value is -1.98. The topological polar surface area (TPSA) is 82.7 Å². The van der Waals surface area contributed by atoms with Crippen LogP contribution in [0.3, 0.4) is 0 Å². The fourth-order valence-electron chi connectivity index (χ4n) is 3.53. The number of guanidine groups is 1. The monoisotopic (exact) mass is 544 g/mol. The van der Waals surface area contributed by atoms with Crippen molar-refractivity contribution >= 4 is 29.9 Å². The zero-order chi connectivity index (χ0) is 21.3. The first kappa shape index (κ1) is 25.3. The predicted octanol–water partition coefficient (Wildman–Crippen LogP) is 2.73. The summed E-state index contributed by atoms with van der Waals surface area (Å²) in [5.41, 5.74) is 1.12. The number of furan rings is 1. The van der Waals surface area contributed by atoms with Gasteiger partial charge in [-0.25, -0.2) is 4.99 Å². The Labute approximate surface area is 201 Å². The van der Waals surface area contributed by atoms with Gasteiger partial charge in [-0.05, 0) is 37.3 Å². The summed E-state index contributed by atoms with van der Waals surface area (Å²) in [4.78, 5) is 9.25. The van der Waals surface area contributed by atoms with Crippen LogP contribution in [0.15, 0.2) is 46.0 Å². The van der Waals surface area contributed by atoms with Gasteiger partial charge in [0, 0.05) is 44.8 Å². The summed E-state index contributed by atoms with van der Waals surface area (Å²) in [6, 6.07) is 9.43. The van der Waals surface area contributed by atoms with E-state index in [1.54, 1.807) is 32.6 Å². The first-order valence-electron chi connectivity index (χ1n) is 10.3. The van der Waals surface area contributed by atoms with Gasteiger partial charge in [-0.2, -0.15) is 0 Å². The lowest BCUT2D eigenvalue weighted by molar-refractivity contribution is 0.155. The van der Waals surface area contributed by atoms with Crippen LogP contribution in [0.25, 0.3) is 0 Å². The van der Waals surface area contributed by atoms with Gasteiger partial charge >= 0.3 is 0 Å². The van der Waals surface area contributed by atoms with Crippen molar-refractivity contribution in [2.75, 3.05) is 53.5 Å². The number of nitrogens with one attached hydrogen (secondary N) is 1. The van der Waals surface area contributed by atoms with Gasteiger partial charge in [-0.1, -0.05) is 0 Å². The van der Waals surface area contributed by atoms with Crippen molar-refractivity contribution in [1.82, 2.24) is 15.1 Å². The molecule has 1 unspecified atom stereocenters. The van der Waals surface area contributed by atoms with E-state index in [9.17, 15) is 5.11 Å². The standard InChI is InChI=1S/C22H32N4O4.HI/c1-4-23-22(24-15-19(27)21-6-5-13-30-21)26-11-9-25(10-12-26)16-17-14-18(28-2)7-8-20(17)29-3;/h5-8,13-14,19,27H,4,9-12,15-16H2,1-3H3,(H,23,24);1H. The first-order valence-corrected chi connectivity index (χ1v) is 10.3. The van der Waals surface area contributed by atoms with Crippen LogP contribution in [0.5, 0.6) is 11.5 Å². The molecule has 1 fully saturated rings. The van der Waals surface area contributed by atoms with Gasteiger partial charge in [0.25, 0.3) is 0 Å². The molecule has 0 bridgehead atoms. The van der Waals surface area contributed by atoms with Crippen LogP contribution < -0.4 is 14.8 Å². The third kappa shape index (κ3) is 7.01. The molecule has 1 aliphatic rings. The lowest BCUT2D eigenvalue weighted by atomic mass is 10.1. The van der Waals surface area contributed by atoms with Crippen molar-refractivity contribution < 1.29 is 19.0 Å². The molecule has 0 saturated carbocycles. The minimum Gasteiger partial charge on any atom is -0.497 e. The smallest absolute Gasteiger partial charge is 0.194 e. The molecule has 3 rings (SSSR count). The Balaban J connectivity index is 0.00000341. The van der Waals surface area contributed by atoms with E-state index in [-0.39, 0.29) is 30.5 Å². The fourth-order valence-corrected chi connectivity index (χ4v) is 3.53. The Morgan fingerprint density at radius 1 is 1.19 bits per heavy atom. The number of ether oxygens (including phenoxy) is 2. The number of aliphatic imine (C=N–C) groups is 1. The second-order valence-electron chi connectivity index (χ2n) is 7.17. The maximum Gasteiger partial charge on any atom is 0.194 e. The molecular weight excluding hydrogens is 511 g/mol. The Bertz CT molecular complexity index is 808. The van der Waals surface area contributed by atoms with Gasteiger partial charge in [0.05, 0.1) is 27.0 Å². The van der Waals surface area contributed by atoms with Gasteiger partial charge in [-0.3, -0.25) is 4.90 Å². The highest BCUT2D eigenvalue weighted by molar-refractivity contribution is 14.0. The number of benzene rings is 1. The third-order valence-electron chi connectivity index (χ3n) is 5.17. The van der Waals surface area contributed by atoms with Gasteiger partial charge in [0.2, 0.25) is 0 Å². The summed E-state index contributed by atoms with van der Waals surface area (Å²) in [6.07, 6.45) is 0.819.